The molecule has 1 nitrogen and oxygen atoms in total. The van der Waals surface area contributed by atoms with Crippen molar-refractivity contribution in [2.45, 2.75) is 30.7 Å². The van der Waals surface area contributed by atoms with Gasteiger partial charge in [-0.3, -0.25) is 4.90 Å². The minimum absolute atomic E-state index is 0.745. The molecule has 3 saturated heterocycles. The number of piperidine rings is 3. The molecular formula is C17H23NS. The molecule has 0 amide bonds. The van der Waals surface area contributed by atoms with Crippen molar-refractivity contribution in [3.63, 3.8) is 0 Å². The summed E-state index contributed by atoms with van der Waals surface area (Å²) in [6.45, 7) is 8.69. The van der Waals surface area contributed by atoms with E-state index in [-0.39, 0.29) is 0 Å². The average molecular weight is 273 g/mol. The molecule has 102 valence electrons. The molecule has 0 aliphatic carbocycles. The van der Waals surface area contributed by atoms with Gasteiger partial charge in [-0.1, -0.05) is 23.8 Å². The summed E-state index contributed by atoms with van der Waals surface area (Å²) in [5.74, 6) is 2.88. The maximum Gasteiger partial charge on any atom is 0.0193 e. The van der Waals surface area contributed by atoms with Gasteiger partial charge in [0, 0.05) is 23.2 Å². The van der Waals surface area contributed by atoms with Crippen LogP contribution in [0.25, 0.3) is 0 Å². The van der Waals surface area contributed by atoms with Crippen molar-refractivity contribution in [2.75, 3.05) is 18.8 Å². The highest BCUT2D eigenvalue weighted by molar-refractivity contribution is 7.99. The van der Waals surface area contributed by atoms with Gasteiger partial charge < -0.3 is 0 Å². The Labute approximate surface area is 121 Å². The Bertz CT molecular complexity index is 439. The van der Waals surface area contributed by atoms with Gasteiger partial charge in [-0.25, -0.2) is 0 Å². The van der Waals surface area contributed by atoms with Crippen LogP contribution in [0.15, 0.2) is 41.8 Å². The van der Waals surface area contributed by atoms with Crippen LogP contribution in [0.2, 0.25) is 0 Å². The molecule has 2 heteroatoms. The molecule has 0 aromatic heterocycles. The van der Waals surface area contributed by atoms with Gasteiger partial charge in [0.1, 0.15) is 0 Å². The largest absolute Gasteiger partial charge is 0.299 e. The van der Waals surface area contributed by atoms with Crippen LogP contribution < -0.4 is 0 Å². The van der Waals surface area contributed by atoms with E-state index in [1.54, 1.807) is 0 Å². The lowest BCUT2D eigenvalue weighted by Gasteiger charge is -2.49. The Kier molecular flexibility index (Phi) is 3.99. The maximum absolute atomic E-state index is 4.00. The quantitative estimate of drug-likeness (QED) is 0.603. The SMILES string of the molecule is C=C[C@H]1CN2CC[C@H]1C[C@@H]2CSc1ccc(C)cc1. The van der Waals surface area contributed by atoms with Gasteiger partial charge in [-0.05, 0) is 50.3 Å². The zero-order valence-electron chi connectivity index (χ0n) is 11.7. The number of hydrogen-bond donors (Lipinski definition) is 0. The van der Waals surface area contributed by atoms with Crippen LogP contribution in [0.4, 0.5) is 0 Å². The topological polar surface area (TPSA) is 3.24 Å². The van der Waals surface area contributed by atoms with Crippen LogP contribution in [0, 0.1) is 18.8 Å². The van der Waals surface area contributed by atoms with Gasteiger partial charge in [-0.15, -0.1) is 18.3 Å². The molecule has 1 unspecified atom stereocenters. The second kappa shape index (κ2) is 5.72. The molecule has 2 bridgehead atoms. The zero-order valence-corrected chi connectivity index (χ0v) is 12.5. The lowest BCUT2D eigenvalue weighted by Crippen LogP contribution is -2.53. The van der Waals surface area contributed by atoms with E-state index < -0.39 is 0 Å². The van der Waals surface area contributed by atoms with Gasteiger partial charge in [0.15, 0.2) is 0 Å². The molecule has 0 N–H and O–H groups in total. The summed E-state index contributed by atoms with van der Waals surface area (Å²) in [5.41, 5.74) is 1.35. The molecule has 3 heterocycles. The van der Waals surface area contributed by atoms with E-state index >= 15 is 0 Å². The summed E-state index contributed by atoms with van der Waals surface area (Å²) in [7, 11) is 0. The summed E-state index contributed by atoms with van der Waals surface area (Å²) in [5, 5.41) is 0. The van der Waals surface area contributed by atoms with Crippen molar-refractivity contribution in [1.29, 1.82) is 0 Å². The number of aryl methyl sites for hydroxylation is 1. The van der Waals surface area contributed by atoms with E-state index in [1.165, 1.54) is 42.1 Å². The summed E-state index contributed by atoms with van der Waals surface area (Å²) in [4.78, 5) is 4.10. The number of rotatable bonds is 4. The van der Waals surface area contributed by atoms with Crippen molar-refractivity contribution in [3.8, 4) is 0 Å². The monoisotopic (exact) mass is 273 g/mol. The van der Waals surface area contributed by atoms with E-state index in [4.69, 9.17) is 0 Å². The molecule has 3 aliphatic heterocycles. The van der Waals surface area contributed by atoms with Crippen LogP contribution in [0.3, 0.4) is 0 Å². The minimum Gasteiger partial charge on any atom is -0.299 e. The van der Waals surface area contributed by atoms with Crippen molar-refractivity contribution in [3.05, 3.63) is 42.5 Å². The van der Waals surface area contributed by atoms with Gasteiger partial charge in [0.05, 0.1) is 0 Å². The van der Waals surface area contributed by atoms with E-state index in [0.29, 0.717) is 0 Å². The fraction of sp³-hybridized carbons (Fsp3) is 0.529. The number of benzene rings is 1. The van der Waals surface area contributed by atoms with Crippen LogP contribution in [0.5, 0.6) is 0 Å². The summed E-state index contributed by atoms with van der Waals surface area (Å²) in [6.07, 6.45) is 4.93. The normalized spacial score (nSPS) is 33.3. The second-order valence-electron chi connectivity index (χ2n) is 5.96. The lowest BCUT2D eigenvalue weighted by atomic mass is 9.76. The predicted molar refractivity (Wildman–Crippen MR) is 83.7 cm³/mol. The molecule has 0 radical (unpaired) electrons. The highest BCUT2D eigenvalue weighted by Crippen LogP contribution is 2.38. The first-order valence-corrected chi connectivity index (χ1v) is 8.31. The molecule has 4 rings (SSSR count). The van der Waals surface area contributed by atoms with E-state index in [1.807, 2.05) is 11.8 Å². The summed E-state index contributed by atoms with van der Waals surface area (Å²) < 4.78 is 0. The number of fused-ring (bicyclic) bond motifs is 3. The number of thioether (sulfide) groups is 1. The maximum atomic E-state index is 4.00. The van der Waals surface area contributed by atoms with Gasteiger partial charge >= 0.3 is 0 Å². The third kappa shape index (κ3) is 2.90. The Morgan fingerprint density at radius 2 is 2.16 bits per heavy atom. The van der Waals surface area contributed by atoms with Crippen LogP contribution in [-0.4, -0.2) is 29.8 Å². The Morgan fingerprint density at radius 3 is 2.79 bits per heavy atom. The summed E-state index contributed by atoms with van der Waals surface area (Å²) in [6, 6.07) is 9.71. The lowest BCUT2D eigenvalue weighted by molar-refractivity contribution is 0.0299. The van der Waals surface area contributed by atoms with E-state index in [2.05, 4.69) is 48.7 Å². The van der Waals surface area contributed by atoms with Crippen LogP contribution >= 0.6 is 11.8 Å². The standard InChI is InChI=1S/C17H23NS/c1-3-14-11-18-9-8-15(14)10-16(18)12-19-17-6-4-13(2)5-7-17/h3-7,14-16H,1,8-12H2,2H3/t14-,15-,16+/m0/s1. The first-order valence-electron chi connectivity index (χ1n) is 7.32. The van der Waals surface area contributed by atoms with Crippen molar-refractivity contribution >= 4 is 11.8 Å². The van der Waals surface area contributed by atoms with E-state index in [0.717, 1.165) is 17.9 Å². The van der Waals surface area contributed by atoms with Crippen LogP contribution in [0.1, 0.15) is 18.4 Å². The first-order chi connectivity index (χ1) is 9.26. The fourth-order valence-electron chi connectivity index (χ4n) is 3.45. The minimum atomic E-state index is 0.745. The Hall–Kier alpha value is -0.730. The van der Waals surface area contributed by atoms with E-state index in [9.17, 15) is 0 Å². The van der Waals surface area contributed by atoms with Gasteiger partial charge in [-0.2, -0.15) is 0 Å². The third-order valence-corrected chi connectivity index (χ3v) is 5.85. The molecule has 0 spiro atoms. The molecule has 3 fully saturated rings. The third-order valence-electron chi connectivity index (χ3n) is 4.70. The zero-order chi connectivity index (χ0) is 13.2. The average Bonchev–Trinajstić information content (AvgIpc) is 2.47. The van der Waals surface area contributed by atoms with Gasteiger partial charge in [0.2, 0.25) is 0 Å². The first kappa shape index (κ1) is 13.3. The Morgan fingerprint density at radius 1 is 1.37 bits per heavy atom. The predicted octanol–water partition coefficient (Wildman–Crippen LogP) is 3.98. The highest BCUT2D eigenvalue weighted by Gasteiger charge is 2.38. The van der Waals surface area contributed by atoms with Crippen molar-refractivity contribution in [1.82, 2.24) is 4.90 Å². The van der Waals surface area contributed by atoms with Crippen LogP contribution in [-0.2, 0) is 0 Å². The van der Waals surface area contributed by atoms with Crippen molar-refractivity contribution < 1.29 is 0 Å². The smallest absolute Gasteiger partial charge is 0.0193 e. The second-order valence-corrected chi connectivity index (χ2v) is 7.05. The molecule has 1 aromatic carbocycles. The highest BCUT2D eigenvalue weighted by atomic mass is 32.2. The number of hydrogen-bond acceptors (Lipinski definition) is 2. The van der Waals surface area contributed by atoms with Gasteiger partial charge in [0.25, 0.3) is 0 Å². The molecule has 4 atom stereocenters. The molecular weight excluding hydrogens is 250 g/mol. The molecule has 3 aliphatic rings. The Balaban J connectivity index is 1.57. The molecule has 0 saturated carbocycles. The number of nitrogens with zero attached hydrogens (tertiary/aromatic N) is 1. The molecule has 19 heavy (non-hydrogen) atoms. The van der Waals surface area contributed by atoms with Crippen molar-refractivity contribution in [2.24, 2.45) is 11.8 Å². The molecule has 1 aromatic rings. The fourth-order valence-corrected chi connectivity index (χ4v) is 4.51. The summed E-state index contributed by atoms with van der Waals surface area (Å²) >= 11 is 2.02.